The number of halogens is 2. The highest BCUT2D eigenvalue weighted by Gasteiger charge is 2.13. The fraction of sp³-hybridized carbons (Fsp3) is 0.0714. The summed E-state index contributed by atoms with van der Waals surface area (Å²) in [6, 6.07) is 6.47. The molecule has 2 rings (SSSR count). The van der Waals surface area contributed by atoms with Gasteiger partial charge >= 0.3 is 0 Å². The summed E-state index contributed by atoms with van der Waals surface area (Å²) in [6.07, 6.45) is 1.34. The van der Waals surface area contributed by atoms with Crippen molar-refractivity contribution in [1.82, 2.24) is 0 Å². The number of hydrogen-bond donors (Lipinski definition) is 2. The minimum absolute atomic E-state index is 0.0413. The lowest BCUT2D eigenvalue weighted by Gasteiger charge is -2.05. The zero-order valence-corrected chi connectivity index (χ0v) is 11.8. The van der Waals surface area contributed by atoms with E-state index in [2.05, 4.69) is 17.2 Å². The molecule has 6 heteroatoms. The minimum atomic E-state index is -0.371. The Bertz CT molecular complexity index is 699. The summed E-state index contributed by atoms with van der Waals surface area (Å²) in [4.78, 5) is 12.0. The van der Waals surface area contributed by atoms with E-state index in [1.54, 1.807) is 18.2 Å². The lowest BCUT2D eigenvalue weighted by atomic mass is 10.2. The van der Waals surface area contributed by atoms with Gasteiger partial charge in [-0.25, -0.2) is 0 Å². The Morgan fingerprint density at radius 2 is 2.15 bits per heavy atom. The van der Waals surface area contributed by atoms with Crippen LogP contribution in [0.1, 0.15) is 15.9 Å². The zero-order chi connectivity index (χ0) is 14.5. The summed E-state index contributed by atoms with van der Waals surface area (Å²) >= 11 is 11.7. The van der Waals surface area contributed by atoms with Gasteiger partial charge in [0.2, 0.25) is 5.22 Å². The largest absolute Gasteiger partial charge is 0.452 e. The number of carbonyl (C=O) groups excluding carboxylic acids is 1. The van der Waals surface area contributed by atoms with Crippen LogP contribution < -0.4 is 11.1 Å². The summed E-state index contributed by atoms with van der Waals surface area (Å²) in [7, 11) is 0. The molecule has 0 aliphatic heterocycles. The van der Waals surface area contributed by atoms with Crippen LogP contribution in [0.5, 0.6) is 0 Å². The first kappa shape index (κ1) is 14.5. The van der Waals surface area contributed by atoms with Gasteiger partial charge in [0.15, 0.2) is 0 Å². The van der Waals surface area contributed by atoms with Crippen LogP contribution in [0.4, 0.5) is 5.69 Å². The number of benzene rings is 1. The summed E-state index contributed by atoms with van der Waals surface area (Å²) in [6.45, 7) is 0.234. The van der Waals surface area contributed by atoms with E-state index in [0.717, 1.165) is 0 Å². The van der Waals surface area contributed by atoms with Crippen LogP contribution in [0.25, 0.3) is 0 Å². The second-order valence-corrected chi connectivity index (χ2v) is 4.51. The van der Waals surface area contributed by atoms with E-state index >= 15 is 0 Å². The number of amides is 1. The molecule has 0 saturated carbocycles. The molecule has 0 saturated heterocycles. The molecule has 0 aliphatic carbocycles. The average molecular weight is 309 g/mol. The van der Waals surface area contributed by atoms with Crippen molar-refractivity contribution < 1.29 is 9.21 Å². The Morgan fingerprint density at radius 1 is 1.35 bits per heavy atom. The molecule has 3 N–H and O–H groups in total. The standard InChI is InChI=1S/C14H10Cl2N2O2/c15-12-4-3-10(8-9(12)2-1-6-17)18-14(19)11-5-7-20-13(11)16/h3-5,7-8H,6,17H2,(H,18,19). The van der Waals surface area contributed by atoms with E-state index in [0.29, 0.717) is 16.3 Å². The topological polar surface area (TPSA) is 68.3 Å². The van der Waals surface area contributed by atoms with Crippen molar-refractivity contribution in [3.05, 3.63) is 51.9 Å². The van der Waals surface area contributed by atoms with Gasteiger partial charge in [-0.05, 0) is 35.9 Å². The molecule has 0 spiro atoms. The van der Waals surface area contributed by atoms with Gasteiger partial charge in [-0.1, -0.05) is 23.4 Å². The Balaban J connectivity index is 2.22. The van der Waals surface area contributed by atoms with Crippen molar-refractivity contribution in [3.63, 3.8) is 0 Å². The van der Waals surface area contributed by atoms with Gasteiger partial charge < -0.3 is 15.5 Å². The van der Waals surface area contributed by atoms with Crippen molar-refractivity contribution >= 4 is 34.8 Å². The first-order chi connectivity index (χ1) is 9.61. The number of nitrogens with one attached hydrogen (secondary N) is 1. The van der Waals surface area contributed by atoms with E-state index in [1.807, 2.05) is 0 Å². The molecule has 1 amide bonds. The van der Waals surface area contributed by atoms with Gasteiger partial charge in [0.1, 0.15) is 0 Å². The van der Waals surface area contributed by atoms with Crippen LogP contribution in [-0.4, -0.2) is 12.5 Å². The Hall–Kier alpha value is -1.93. The van der Waals surface area contributed by atoms with Gasteiger partial charge in [-0.15, -0.1) is 0 Å². The maximum atomic E-state index is 12.0. The van der Waals surface area contributed by atoms with Crippen LogP contribution in [0, 0.1) is 11.8 Å². The molecule has 102 valence electrons. The predicted octanol–water partition coefficient (Wildman–Crippen LogP) is 3.15. The van der Waals surface area contributed by atoms with Gasteiger partial charge in [-0.2, -0.15) is 0 Å². The molecule has 1 aromatic carbocycles. The van der Waals surface area contributed by atoms with E-state index < -0.39 is 0 Å². The third kappa shape index (κ3) is 3.34. The lowest BCUT2D eigenvalue weighted by molar-refractivity contribution is 0.102. The molecule has 1 aromatic heterocycles. The highest BCUT2D eigenvalue weighted by molar-refractivity contribution is 6.33. The summed E-state index contributed by atoms with van der Waals surface area (Å²) in [5.74, 6) is 5.17. The normalized spacial score (nSPS) is 9.75. The Labute approximate surface area is 125 Å². The molecule has 0 bridgehead atoms. The maximum absolute atomic E-state index is 12.0. The highest BCUT2D eigenvalue weighted by atomic mass is 35.5. The fourth-order valence-corrected chi connectivity index (χ4v) is 1.86. The average Bonchev–Trinajstić information content (AvgIpc) is 2.85. The van der Waals surface area contributed by atoms with E-state index in [4.69, 9.17) is 33.4 Å². The SMILES string of the molecule is NCC#Cc1cc(NC(=O)c2ccoc2Cl)ccc1Cl. The molecule has 0 atom stereocenters. The second kappa shape index (κ2) is 6.49. The number of rotatable bonds is 2. The quantitative estimate of drug-likeness (QED) is 0.837. The predicted molar refractivity (Wildman–Crippen MR) is 79.1 cm³/mol. The first-order valence-corrected chi connectivity index (χ1v) is 6.40. The Kier molecular flexibility index (Phi) is 4.70. The van der Waals surface area contributed by atoms with Crippen LogP contribution in [0.2, 0.25) is 10.2 Å². The molecular weight excluding hydrogens is 299 g/mol. The van der Waals surface area contributed by atoms with Crippen molar-refractivity contribution in [2.45, 2.75) is 0 Å². The van der Waals surface area contributed by atoms with Gasteiger partial charge in [0.05, 0.1) is 23.4 Å². The van der Waals surface area contributed by atoms with Crippen LogP contribution in [-0.2, 0) is 0 Å². The molecule has 1 heterocycles. The molecule has 20 heavy (non-hydrogen) atoms. The monoisotopic (exact) mass is 308 g/mol. The smallest absolute Gasteiger partial charge is 0.260 e. The molecule has 0 fully saturated rings. The van der Waals surface area contributed by atoms with Crippen LogP contribution in [0.15, 0.2) is 34.9 Å². The van der Waals surface area contributed by atoms with E-state index in [1.165, 1.54) is 12.3 Å². The lowest BCUT2D eigenvalue weighted by Crippen LogP contribution is -2.11. The van der Waals surface area contributed by atoms with Gasteiger partial charge in [-0.3, -0.25) is 4.79 Å². The van der Waals surface area contributed by atoms with Crippen molar-refractivity contribution in [3.8, 4) is 11.8 Å². The van der Waals surface area contributed by atoms with Crippen molar-refractivity contribution in [2.75, 3.05) is 11.9 Å². The number of nitrogens with two attached hydrogens (primary N) is 1. The molecular formula is C14H10Cl2N2O2. The van der Waals surface area contributed by atoms with Crippen LogP contribution in [0.3, 0.4) is 0 Å². The highest BCUT2D eigenvalue weighted by Crippen LogP contribution is 2.22. The Morgan fingerprint density at radius 3 is 2.80 bits per heavy atom. The van der Waals surface area contributed by atoms with E-state index in [-0.39, 0.29) is 23.2 Å². The van der Waals surface area contributed by atoms with E-state index in [9.17, 15) is 4.79 Å². The minimum Gasteiger partial charge on any atom is -0.452 e. The molecule has 0 radical (unpaired) electrons. The van der Waals surface area contributed by atoms with Gasteiger partial charge in [0, 0.05) is 11.3 Å². The summed E-state index contributed by atoms with van der Waals surface area (Å²) in [5.41, 5.74) is 6.72. The van der Waals surface area contributed by atoms with Crippen molar-refractivity contribution in [2.24, 2.45) is 5.73 Å². The number of hydrogen-bond acceptors (Lipinski definition) is 3. The number of carbonyl (C=O) groups is 1. The summed E-state index contributed by atoms with van der Waals surface area (Å²) in [5, 5.41) is 3.22. The summed E-state index contributed by atoms with van der Waals surface area (Å²) < 4.78 is 4.87. The molecule has 2 aromatic rings. The third-order valence-corrected chi connectivity index (χ3v) is 3.03. The number of anilines is 1. The van der Waals surface area contributed by atoms with Crippen LogP contribution >= 0.6 is 23.2 Å². The zero-order valence-electron chi connectivity index (χ0n) is 10.2. The third-order valence-electron chi connectivity index (χ3n) is 2.41. The second-order valence-electron chi connectivity index (χ2n) is 3.76. The fourth-order valence-electron chi connectivity index (χ4n) is 1.50. The number of furan rings is 1. The molecule has 0 unspecified atom stereocenters. The molecule has 4 nitrogen and oxygen atoms in total. The molecule has 0 aliphatic rings. The van der Waals surface area contributed by atoms with Gasteiger partial charge in [0.25, 0.3) is 5.91 Å². The van der Waals surface area contributed by atoms with Crippen molar-refractivity contribution in [1.29, 1.82) is 0 Å². The first-order valence-electron chi connectivity index (χ1n) is 5.64. The maximum Gasteiger partial charge on any atom is 0.260 e.